The van der Waals surface area contributed by atoms with Gasteiger partial charge in [0.05, 0.1) is 6.61 Å². The monoisotopic (exact) mass is 221 g/mol. The van der Waals surface area contributed by atoms with Gasteiger partial charge in [-0.3, -0.25) is 4.65 Å². The van der Waals surface area contributed by atoms with Gasteiger partial charge in [-0.25, -0.2) is 0 Å². The lowest BCUT2D eigenvalue weighted by atomic mass is 10.1. The highest BCUT2D eigenvalue weighted by Gasteiger charge is 2.31. The van der Waals surface area contributed by atoms with Crippen molar-refractivity contribution in [1.82, 2.24) is 4.65 Å². The molecule has 0 amide bonds. The first-order chi connectivity index (χ1) is 7.66. The van der Waals surface area contributed by atoms with Crippen molar-refractivity contribution in [2.45, 2.75) is 13.0 Å². The summed E-state index contributed by atoms with van der Waals surface area (Å²) >= 11 is 0. The molecule has 1 aromatic rings. The van der Waals surface area contributed by atoms with Crippen molar-refractivity contribution in [1.29, 1.82) is 0 Å². The summed E-state index contributed by atoms with van der Waals surface area (Å²) in [6.07, 6.45) is 3.53. The molecule has 0 saturated heterocycles. The zero-order chi connectivity index (χ0) is 11.6. The second kappa shape index (κ2) is 4.25. The molecule has 0 fully saturated rings. The molecule has 4 nitrogen and oxygen atoms in total. The third-order valence-corrected chi connectivity index (χ3v) is 2.79. The fraction of sp³-hybridized carbons (Fsp3) is 0.333. The summed E-state index contributed by atoms with van der Waals surface area (Å²) in [5, 5.41) is 20.8. The maximum absolute atomic E-state index is 12.2. The molecule has 1 aromatic carbocycles. The summed E-state index contributed by atoms with van der Waals surface area (Å²) in [5.74, 6) is 0.668. The van der Waals surface area contributed by atoms with Crippen LogP contribution in [0.5, 0.6) is 5.75 Å². The molecule has 0 spiro atoms. The molecule has 0 saturated carbocycles. The van der Waals surface area contributed by atoms with E-state index >= 15 is 0 Å². The van der Waals surface area contributed by atoms with E-state index in [1.807, 2.05) is 13.0 Å². The predicted molar refractivity (Wildman–Crippen MR) is 62.8 cm³/mol. The number of hydroxylamine groups is 2. The number of rotatable bonds is 4. The highest BCUT2D eigenvalue weighted by atomic mass is 16.6. The van der Waals surface area contributed by atoms with Gasteiger partial charge in [-0.05, 0) is 19.1 Å². The van der Waals surface area contributed by atoms with Crippen LogP contribution < -0.4 is 9.38 Å². The Kier molecular flexibility index (Phi) is 2.96. The number of aliphatic hydroxyl groups excluding tert-OH is 1. The standard InChI is InChI=1S/C12H15NO3/c1-10-6-7-13(10,15)11-2-4-12(5-3-11)16-9-8-14/h2-7,10,14H,8-9H2,1H3. The minimum absolute atomic E-state index is 0.0108. The highest BCUT2D eigenvalue weighted by Crippen LogP contribution is 2.33. The maximum Gasteiger partial charge on any atom is 0.138 e. The van der Waals surface area contributed by atoms with E-state index in [4.69, 9.17) is 9.84 Å². The average Bonchev–Trinajstić information content (AvgIpc) is 2.34. The summed E-state index contributed by atoms with van der Waals surface area (Å²) < 4.78 is 4.82. The zero-order valence-electron chi connectivity index (χ0n) is 9.17. The minimum Gasteiger partial charge on any atom is -0.622 e. The second-order valence-corrected chi connectivity index (χ2v) is 3.86. The molecule has 1 aliphatic rings. The lowest BCUT2D eigenvalue weighted by molar-refractivity contribution is 0.201. The summed E-state index contributed by atoms with van der Waals surface area (Å²) in [5.41, 5.74) is 0.700. The average molecular weight is 221 g/mol. The van der Waals surface area contributed by atoms with Gasteiger partial charge in [-0.15, -0.1) is 0 Å². The van der Waals surface area contributed by atoms with Crippen LogP contribution in [-0.4, -0.2) is 24.4 Å². The van der Waals surface area contributed by atoms with E-state index in [9.17, 15) is 5.21 Å². The van der Waals surface area contributed by atoms with Crippen molar-refractivity contribution in [2.75, 3.05) is 13.2 Å². The van der Waals surface area contributed by atoms with Crippen molar-refractivity contribution in [2.24, 2.45) is 0 Å². The topological polar surface area (TPSA) is 52.5 Å². The van der Waals surface area contributed by atoms with Gasteiger partial charge < -0.3 is 15.1 Å². The summed E-state index contributed by atoms with van der Waals surface area (Å²) in [6, 6.07) is 7.01. The van der Waals surface area contributed by atoms with Crippen LogP contribution in [0.2, 0.25) is 0 Å². The summed E-state index contributed by atoms with van der Waals surface area (Å²) in [4.78, 5) is 0. The van der Waals surface area contributed by atoms with Gasteiger partial charge in [0.1, 0.15) is 30.3 Å². The molecule has 86 valence electrons. The zero-order valence-corrected chi connectivity index (χ0v) is 9.17. The molecule has 2 atom stereocenters. The van der Waals surface area contributed by atoms with Crippen LogP contribution in [-0.2, 0) is 0 Å². The van der Waals surface area contributed by atoms with Gasteiger partial charge in [0.25, 0.3) is 0 Å². The predicted octanol–water partition coefficient (Wildman–Crippen LogP) is 1.78. The molecule has 0 aromatic heterocycles. The highest BCUT2D eigenvalue weighted by molar-refractivity contribution is 5.53. The lowest BCUT2D eigenvalue weighted by Crippen LogP contribution is -2.50. The molecule has 1 heterocycles. The Morgan fingerprint density at radius 2 is 2.06 bits per heavy atom. The molecule has 1 aliphatic heterocycles. The maximum atomic E-state index is 12.2. The number of aliphatic hydroxyl groups is 1. The number of hydrogen-bond donors (Lipinski definition) is 1. The molecule has 0 aliphatic carbocycles. The fourth-order valence-corrected chi connectivity index (χ4v) is 1.67. The van der Waals surface area contributed by atoms with E-state index < -0.39 is 4.65 Å². The number of nitrogens with zero attached hydrogens (tertiary/aromatic N) is 1. The number of benzene rings is 1. The van der Waals surface area contributed by atoms with Gasteiger partial charge in [0.15, 0.2) is 0 Å². The van der Waals surface area contributed by atoms with E-state index in [0.29, 0.717) is 11.4 Å². The third kappa shape index (κ3) is 1.82. The molecule has 16 heavy (non-hydrogen) atoms. The third-order valence-electron chi connectivity index (χ3n) is 2.79. The fourth-order valence-electron chi connectivity index (χ4n) is 1.67. The van der Waals surface area contributed by atoms with Crippen molar-refractivity contribution in [3.8, 4) is 5.75 Å². The summed E-state index contributed by atoms with van der Waals surface area (Å²) in [7, 11) is 0. The van der Waals surface area contributed by atoms with Crippen LogP contribution in [0.3, 0.4) is 0 Å². The quantitative estimate of drug-likeness (QED) is 0.622. The van der Waals surface area contributed by atoms with Crippen molar-refractivity contribution >= 4 is 5.69 Å². The number of hydrogen-bond acceptors (Lipinski definition) is 3. The van der Waals surface area contributed by atoms with E-state index in [1.165, 1.54) is 0 Å². The lowest BCUT2D eigenvalue weighted by Gasteiger charge is -2.47. The largest absolute Gasteiger partial charge is 0.622 e. The van der Waals surface area contributed by atoms with Crippen LogP contribution in [0, 0.1) is 5.21 Å². The summed E-state index contributed by atoms with van der Waals surface area (Å²) in [6.45, 7) is 2.15. The molecule has 1 N–H and O–H groups in total. The SMILES string of the molecule is CC1C=C[N+]1([O-])c1ccc(OCCO)cc1. The van der Waals surface area contributed by atoms with Crippen LogP contribution >= 0.6 is 0 Å². The Hall–Kier alpha value is -1.36. The molecule has 2 rings (SSSR count). The number of ether oxygens (including phenoxy) is 1. The van der Waals surface area contributed by atoms with Crippen LogP contribution in [0.1, 0.15) is 6.92 Å². The van der Waals surface area contributed by atoms with E-state index in [1.54, 1.807) is 30.5 Å². The van der Waals surface area contributed by atoms with Crippen molar-refractivity contribution in [3.05, 3.63) is 41.7 Å². The smallest absolute Gasteiger partial charge is 0.138 e. The van der Waals surface area contributed by atoms with E-state index in [0.717, 1.165) is 0 Å². The normalized spacial score (nSPS) is 27.6. The first-order valence-electron chi connectivity index (χ1n) is 5.30. The van der Waals surface area contributed by atoms with E-state index in [2.05, 4.69) is 0 Å². The Morgan fingerprint density at radius 1 is 1.38 bits per heavy atom. The molecular weight excluding hydrogens is 206 g/mol. The molecule has 0 bridgehead atoms. The van der Waals surface area contributed by atoms with Crippen molar-refractivity contribution < 1.29 is 9.84 Å². The van der Waals surface area contributed by atoms with Gasteiger partial charge in [0.2, 0.25) is 0 Å². The van der Waals surface area contributed by atoms with Crippen LogP contribution in [0.15, 0.2) is 36.5 Å². The van der Waals surface area contributed by atoms with E-state index in [-0.39, 0.29) is 19.3 Å². The first-order valence-corrected chi connectivity index (χ1v) is 5.30. The minimum atomic E-state index is -0.403. The van der Waals surface area contributed by atoms with Crippen molar-refractivity contribution in [3.63, 3.8) is 0 Å². The Labute approximate surface area is 94.6 Å². The number of quaternary nitrogens is 1. The Balaban J connectivity index is 2.11. The second-order valence-electron chi connectivity index (χ2n) is 3.86. The van der Waals surface area contributed by atoms with Gasteiger partial charge >= 0.3 is 0 Å². The van der Waals surface area contributed by atoms with Crippen LogP contribution in [0.4, 0.5) is 5.69 Å². The van der Waals surface area contributed by atoms with Gasteiger partial charge in [-0.1, -0.05) is 0 Å². The molecule has 0 radical (unpaired) electrons. The molecule has 2 unspecified atom stereocenters. The Morgan fingerprint density at radius 3 is 2.50 bits per heavy atom. The van der Waals surface area contributed by atoms with Gasteiger partial charge in [-0.2, -0.15) is 0 Å². The molecular formula is C12H15NO3. The Bertz CT molecular complexity index is 388. The first kappa shape index (κ1) is 11.1. The van der Waals surface area contributed by atoms with Gasteiger partial charge in [0, 0.05) is 18.2 Å². The molecule has 4 heteroatoms. The van der Waals surface area contributed by atoms with Crippen LogP contribution in [0.25, 0.3) is 0 Å².